The van der Waals surface area contributed by atoms with E-state index in [1.54, 1.807) is 28.9 Å². The summed E-state index contributed by atoms with van der Waals surface area (Å²) in [6.07, 6.45) is 4.72. The predicted molar refractivity (Wildman–Crippen MR) is 90.2 cm³/mol. The fourth-order valence-electron chi connectivity index (χ4n) is 3.11. The summed E-state index contributed by atoms with van der Waals surface area (Å²) in [6.45, 7) is 1.81. The highest BCUT2D eigenvalue weighted by Crippen LogP contribution is 2.35. The van der Waals surface area contributed by atoms with E-state index in [0.29, 0.717) is 40.7 Å². The molecule has 0 atom stereocenters. The van der Waals surface area contributed by atoms with Crippen molar-refractivity contribution in [2.45, 2.75) is 31.4 Å². The van der Waals surface area contributed by atoms with Crippen molar-refractivity contribution in [2.24, 2.45) is 0 Å². The zero-order valence-electron chi connectivity index (χ0n) is 12.9. The molecule has 0 radical (unpaired) electrons. The molecule has 3 aromatic rings. The van der Waals surface area contributed by atoms with Gasteiger partial charge in [-0.15, -0.1) is 10.2 Å². The van der Waals surface area contributed by atoms with Crippen molar-refractivity contribution in [3.63, 3.8) is 0 Å². The summed E-state index contributed by atoms with van der Waals surface area (Å²) in [6, 6.07) is 4.98. The minimum absolute atomic E-state index is 0.0301. The molecule has 1 fully saturated rings. The molecule has 0 saturated heterocycles. The Morgan fingerprint density at radius 2 is 2.12 bits per heavy atom. The highest BCUT2D eigenvalue weighted by Gasteiger charge is 2.38. The molecule has 1 aromatic carbocycles. The van der Waals surface area contributed by atoms with E-state index in [2.05, 4.69) is 20.5 Å². The van der Waals surface area contributed by atoms with Crippen molar-refractivity contribution in [2.75, 3.05) is 5.32 Å². The number of imidazole rings is 1. The van der Waals surface area contributed by atoms with Crippen LogP contribution in [0.5, 0.6) is 5.75 Å². The summed E-state index contributed by atoms with van der Waals surface area (Å²) in [7, 11) is 0. The van der Waals surface area contributed by atoms with Gasteiger partial charge in [0.25, 0.3) is 0 Å². The van der Waals surface area contributed by atoms with E-state index in [1.165, 1.54) is 6.07 Å². The summed E-state index contributed by atoms with van der Waals surface area (Å²) >= 11 is 5.88. The Morgan fingerprint density at radius 1 is 1.33 bits per heavy atom. The lowest BCUT2D eigenvalue weighted by Crippen LogP contribution is -2.48. The van der Waals surface area contributed by atoms with Crippen LogP contribution in [0.1, 0.15) is 19.8 Å². The first-order valence-corrected chi connectivity index (χ1v) is 7.98. The predicted octanol–water partition coefficient (Wildman–Crippen LogP) is 2.48. The fraction of sp³-hybridized carbons (Fsp3) is 0.312. The average molecular weight is 346 g/mol. The number of phenols is 1. The number of nitrogens with zero attached hydrogens (tertiary/aromatic N) is 4. The van der Waals surface area contributed by atoms with E-state index in [1.807, 2.05) is 6.92 Å². The Morgan fingerprint density at radius 3 is 2.83 bits per heavy atom. The standard InChI is InChI=1S/C16H16ClN5O2/c1-16(24)7-10(8-16)19-13-15-18-4-5-22(15)14(21-20-13)11-3-2-9(17)6-12(11)23/h2-6,10,23-24H,7-8H2,1H3,(H,19,20). The van der Waals surface area contributed by atoms with Crippen LogP contribution in [0, 0.1) is 0 Å². The van der Waals surface area contributed by atoms with E-state index in [-0.39, 0.29) is 11.8 Å². The van der Waals surface area contributed by atoms with Crippen LogP contribution in [0.4, 0.5) is 5.82 Å². The summed E-state index contributed by atoms with van der Waals surface area (Å²) in [5.41, 5.74) is 0.514. The van der Waals surface area contributed by atoms with Crippen molar-refractivity contribution in [1.82, 2.24) is 19.6 Å². The molecule has 4 rings (SSSR count). The number of benzene rings is 1. The van der Waals surface area contributed by atoms with E-state index < -0.39 is 5.60 Å². The lowest BCUT2D eigenvalue weighted by Gasteiger charge is -2.41. The van der Waals surface area contributed by atoms with Gasteiger partial charge in [0.15, 0.2) is 17.3 Å². The van der Waals surface area contributed by atoms with Gasteiger partial charge in [0.05, 0.1) is 11.2 Å². The van der Waals surface area contributed by atoms with Crippen LogP contribution in [0.2, 0.25) is 5.02 Å². The number of hydrogen-bond donors (Lipinski definition) is 3. The van der Waals surface area contributed by atoms with Gasteiger partial charge in [0.1, 0.15) is 5.75 Å². The molecule has 0 amide bonds. The van der Waals surface area contributed by atoms with Crippen molar-refractivity contribution in [3.05, 3.63) is 35.6 Å². The van der Waals surface area contributed by atoms with E-state index in [0.717, 1.165) is 0 Å². The van der Waals surface area contributed by atoms with E-state index >= 15 is 0 Å². The Balaban J connectivity index is 1.72. The van der Waals surface area contributed by atoms with Gasteiger partial charge in [0.2, 0.25) is 0 Å². The Hall–Kier alpha value is -2.38. The van der Waals surface area contributed by atoms with Crippen LogP contribution in [0.15, 0.2) is 30.6 Å². The number of halogens is 1. The topological polar surface area (TPSA) is 95.6 Å². The number of rotatable bonds is 3. The molecular formula is C16H16ClN5O2. The molecule has 0 aliphatic heterocycles. The van der Waals surface area contributed by atoms with Gasteiger partial charge in [-0.3, -0.25) is 4.40 Å². The monoisotopic (exact) mass is 345 g/mol. The Bertz CT molecular complexity index is 916. The maximum Gasteiger partial charge on any atom is 0.192 e. The number of phenolic OH excluding ortho intramolecular Hbond substituents is 1. The SMILES string of the molecule is CC1(O)CC(Nc2nnc(-c3ccc(Cl)cc3O)n3ccnc23)C1. The highest BCUT2D eigenvalue weighted by molar-refractivity contribution is 6.30. The lowest BCUT2D eigenvalue weighted by molar-refractivity contribution is -0.0235. The fourth-order valence-corrected chi connectivity index (χ4v) is 3.27. The third kappa shape index (κ3) is 2.55. The summed E-state index contributed by atoms with van der Waals surface area (Å²) in [5.74, 6) is 1.06. The first kappa shape index (κ1) is 15.2. The molecule has 3 N–H and O–H groups in total. The van der Waals surface area contributed by atoms with Gasteiger partial charge < -0.3 is 15.5 Å². The minimum Gasteiger partial charge on any atom is -0.507 e. The molecule has 1 aliphatic rings. The maximum absolute atomic E-state index is 10.1. The van der Waals surface area contributed by atoms with Gasteiger partial charge in [-0.05, 0) is 38.0 Å². The smallest absolute Gasteiger partial charge is 0.192 e. The average Bonchev–Trinajstić information content (AvgIpc) is 2.96. The molecule has 1 aliphatic carbocycles. The van der Waals surface area contributed by atoms with Gasteiger partial charge in [0, 0.05) is 23.5 Å². The van der Waals surface area contributed by atoms with Crippen molar-refractivity contribution in [1.29, 1.82) is 0 Å². The van der Waals surface area contributed by atoms with Crippen molar-refractivity contribution in [3.8, 4) is 17.1 Å². The Labute approximate surface area is 142 Å². The second kappa shape index (κ2) is 5.32. The van der Waals surface area contributed by atoms with Crippen molar-refractivity contribution >= 4 is 23.1 Å². The maximum atomic E-state index is 10.1. The highest BCUT2D eigenvalue weighted by atomic mass is 35.5. The zero-order valence-corrected chi connectivity index (χ0v) is 13.7. The molecule has 1 saturated carbocycles. The second-order valence-corrected chi connectivity index (χ2v) is 6.84. The quantitative estimate of drug-likeness (QED) is 0.675. The van der Waals surface area contributed by atoms with Crippen LogP contribution < -0.4 is 5.32 Å². The normalized spacial score (nSPS) is 23.2. The van der Waals surface area contributed by atoms with Crippen LogP contribution >= 0.6 is 11.6 Å². The molecular weight excluding hydrogens is 330 g/mol. The van der Waals surface area contributed by atoms with E-state index in [4.69, 9.17) is 11.6 Å². The Kier molecular flexibility index (Phi) is 3.36. The molecule has 24 heavy (non-hydrogen) atoms. The number of fused-ring (bicyclic) bond motifs is 1. The van der Waals surface area contributed by atoms with Gasteiger partial charge in [-0.1, -0.05) is 11.6 Å². The van der Waals surface area contributed by atoms with Crippen molar-refractivity contribution < 1.29 is 10.2 Å². The second-order valence-electron chi connectivity index (χ2n) is 6.40. The molecule has 0 spiro atoms. The number of anilines is 1. The van der Waals surface area contributed by atoms with Crippen LogP contribution in [0.25, 0.3) is 17.0 Å². The number of hydrogen-bond acceptors (Lipinski definition) is 6. The van der Waals surface area contributed by atoms with Gasteiger partial charge in [-0.25, -0.2) is 4.98 Å². The molecule has 124 valence electrons. The molecule has 2 aromatic heterocycles. The van der Waals surface area contributed by atoms with E-state index in [9.17, 15) is 10.2 Å². The molecule has 0 bridgehead atoms. The molecule has 8 heteroatoms. The number of aromatic hydroxyl groups is 1. The largest absolute Gasteiger partial charge is 0.507 e. The number of aliphatic hydroxyl groups is 1. The van der Waals surface area contributed by atoms with Crippen LogP contribution in [0.3, 0.4) is 0 Å². The third-order valence-corrected chi connectivity index (χ3v) is 4.47. The first-order valence-electron chi connectivity index (χ1n) is 7.60. The lowest BCUT2D eigenvalue weighted by atomic mass is 9.77. The molecule has 0 unspecified atom stereocenters. The number of nitrogens with one attached hydrogen (secondary N) is 1. The van der Waals surface area contributed by atoms with Crippen LogP contribution in [-0.2, 0) is 0 Å². The molecule has 2 heterocycles. The molecule has 7 nitrogen and oxygen atoms in total. The van der Waals surface area contributed by atoms with Gasteiger partial charge >= 0.3 is 0 Å². The van der Waals surface area contributed by atoms with Crippen LogP contribution in [-0.4, -0.2) is 41.4 Å². The summed E-state index contributed by atoms with van der Waals surface area (Å²) < 4.78 is 1.76. The number of aromatic nitrogens is 4. The minimum atomic E-state index is -0.619. The third-order valence-electron chi connectivity index (χ3n) is 4.24. The first-order chi connectivity index (χ1) is 11.4. The summed E-state index contributed by atoms with van der Waals surface area (Å²) in [4.78, 5) is 4.33. The van der Waals surface area contributed by atoms with Gasteiger partial charge in [-0.2, -0.15) is 0 Å². The summed E-state index contributed by atoms with van der Waals surface area (Å²) in [5, 5.41) is 32.1. The zero-order chi connectivity index (χ0) is 16.9.